The van der Waals surface area contributed by atoms with Crippen LogP contribution in [0.3, 0.4) is 0 Å². The largest absolute Gasteiger partial charge is 0.347 e. The minimum absolute atomic E-state index is 0.147. The summed E-state index contributed by atoms with van der Waals surface area (Å²) in [5.41, 5.74) is 3.58. The molecular formula is C24H27F2N3O3. The highest BCUT2D eigenvalue weighted by Crippen LogP contribution is 2.22. The maximum atomic E-state index is 13.9. The Bertz CT molecular complexity index is 1020. The molecule has 0 saturated carbocycles. The first kappa shape index (κ1) is 23.4. The van der Waals surface area contributed by atoms with E-state index >= 15 is 0 Å². The Morgan fingerprint density at radius 3 is 2.22 bits per heavy atom. The molecule has 1 saturated heterocycles. The van der Waals surface area contributed by atoms with Crippen molar-refractivity contribution in [2.24, 2.45) is 5.92 Å². The zero-order valence-electron chi connectivity index (χ0n) is 18.4. The van der Waals surface area contributed by atoms with Gasteiger partial charge in [-0.2, -0.15) is 0 Å². The summed E-state index contributed by atoms with van der Waals surface area (Å²) in [5.74, 6) is -3.08. The lowest BCUT2D eigenvalue weighted by atomic mass is 9.95. The van der Waals surface area contributed by atoms with Gasteiger partial charge in [-0.15, -0.1) is 0 Å². The average molecular weight is 443 g/mol. The summed E-state index contributed by atoms with van der Waals surface area (Å²) in [6.45, 7) is 6.23. The Morgan fingerprint density at radius 2 is 1.62 bits per heavy atom. The van der Waals surface area contributed by atoms with E-state index in [4.69, 9.17) is 0 Å². The van der Waals surface area contributed by atoms with Crippen LogP contribution in [0.4, 0.5) is 14.5 Å². The smallest absolute Gasteiger partial charge is 0.256 e. The highest BCUT2D eigenvalue weighted by molar-refractivity contribution is 5.96. The molecule has 0 aliphatic carbocycles. The summed E-state index contributed by atoms with van der Waals surface area (Å²) in [6.07, 6.45) is 0.802. The molecule has 0 aromatic heterocycles. The number of rotatable bonds is 5. The van der Waals surface area contributed by atoms with Crippen LogP contribution in [0.1, 0.15) is 39.9 Å². The second kappa shape index (κ2) is 9.89. The Hall–Kier alpha value is -3.29. The molecule has 170 valence electrons. The van der Waals surface area contributed by atoms with Crippen LogP contribution in [0.15, 0.2) is 30.3 Å². The summed E-state index contributed by atoms with van der Waals surface area (Å²) < 4.78 is 26.9. The molecule has 2 N–H and O–H groups in total. The van der Waals surface area contributed by atoms with Crippen molar-refractivity contribution in [3.63, 3.8) is 0 Å². The highest BCUT2D eigenvalue weighted by Gasteiger charge is 2.29. The fourth-order valence-corrected chi connectivity index (χ4v) is 4.05. The molecule has 1 aliphatic heterocycles. The lowest BCUT2D eigenvalue weighted by molar-refractivity contribution is -0.128. The number of carbonyl (C=O) groups excluding carboxylic acids is 3. The van der Waals surface area contributed by atoms with E-state index in [1.807, 2.05) is 32.9 Å². The summed E-state index contributed by atoms with van der Waals surface area (Å²) in [4.78, 5) is 38.7. The summed E-state index contributed by atoms with van der Waals surface area (Å²) in [7, 11) is 0. The molecule has 32 heavy (non-hydrogen) atoms. The van der Waals surface area contributed by atoms with Crippen molar-refractivity contribution in [2.75, 3.05) is 25.0 Å². The molecule has 0 spiro atoms. The maximum absolute atomic E-state index is 13.9. The van der Waals surface area contributed by atoms with Gasteiger partial charge in [0.05, 0.1) is 12.1 Å². The lowest BCUT2D eigenvalue weighted by Crippen LogP contribution is -2.44. The average Bonchev–Trinajstić information content (AvgIpc) is 2.74. The van der Waals surface area contributed by atoms with E-state index in [1.54, 1.807) is 0 Å². The molecule has 3 amide bonds. The summed E-state index contributed by atoms with van der Waals surface area (Å²) in [5, 5.41) is 5.50. The van der Waals surface area contributed by atoms with Crippen LogP contribution in [0, 0.1) is 38.3 Å². The van der Waals surface area contributed by atoms with Crippen LogP contribution < -0.4 is 10.6 Å². The van der Waals surface area contributed by atoms with Crippen molar-refractivity contribution in [2.45, 2.75) is 33.6 Å². The topological polar surface area (TPSA) is 78.5 Å². The van der Waals surface area contributed by atoms with Crippen LogP contribution >= 0.6 is 0 Å². The number of amides is 3. The SMILES string of the molecule is Cc1cc(C)c(NC(=O)CNC(=O)C2CCN(C(=O)c3ccc(F)cc3F)CC2)c(C)c1. The fourth-order valence-electron chi connectivity index (χ4n) is 4.05. The Morgan fingerprint density at radius 1 is 1.00 bits per heavy atom. The highest BCUT2D eigenvalue weighted by atomic mass is 19.1. The van der Waals surface area contributed by atoms with Gasteiger partial charge in [-0.3, -0.25) is 14.4 Å². The molecule has 0 unspecified atom stereocenters. The van der Waals surface area contributed by atoms with Gasteiger partial charge in [0.2, 0.25) is 11.8 Å². The van der Waals surface area contributed by atoms with Crippen molar-refractivity contribution in [1.29, 1.82) is 0 Å². The van der Waals surface area contributed by atoms with Crippen molar-refractivity contribution >= 4 is 23.4 Å². The number of carbonyl (C=O) groups is 3. The van der Waals surface area contributed by atoms with Crippen LogP contribution in [0.5, 0.6) is 0 Å². The first-order valence-corrected chi connectivity index (χ1v) is 10.6. The van der Waals surface area contributed by atoms with E-state index in [9.17, 15) is 23.2 Å². The van der Waals surface area contributed by atoms with Crippen LogP contribution in [0.25, 0.3) is 0 Å². The normalized spacial score (nSPS) is 14.2. The lowest BCUT2D eigenvalue weighted by Gasteiger charge is -2.31. The van der Waals surface area contributed by atoms with Gasteiger partial charge in [-0.1, -0.05) is 17.7 Å². The maximum Gasteiger partial charge on any atom is 0.256 e. The van der Waals surface area contributed by atoms with Crippen molar-refractivity contribution in [3.8, 4) is 0 Å². The predicted molar refractivity (Wildman–Crippen MR) is 117 cm³/mol. The molecule has 1 heterocycles. The van der Waals surface area contributed by atoms with Crippen LogP contribution in [0.2, 0.25) is 0 Å². The van der Waals surface area contributed by atoms with Crippen molar-refractivity contribution in [3.05, 3.63) is 64.2 Å². The van der Waals surface area contributed by atoms with Gasteiger partial charge in [-0.05, 0) is 56.9 Å². The van der Waals surface area contributed by atoms with Gasteiger partial charge in [0.1, 0.15) is 11.6 Å². The van der Waals surface area contributed by atoms with Gasteiger partial charge >= 0.3 is 0 Å². The van der Waals surface area contributed by atoms with E-state index in [1.165, 1.54) is 4.90 Å². The molecule has 1 fully saturated rings. The standard InChI is InChI=1S/C24H27F2N3O3/c1-14-10-15(2)22(16(3)11-14)28-21(30)13-27-23(31)17-6-8-29(9-7-17)24(32)19-5-4-18(25)12-20(19)26/h4-5,10-12,17H,6-9,13H2,1-3H3,(H,27,31)(H,28,30). The van der Waals surface area contributed by atoms with Crippen molar-refractivity contribution < 1.29 is 23.2 Å². The minimum Gasteiger partial charge on any atom is -0.347 e. The van der Waals surface area contributed by atoms with Gasteiger partial charge in [0.25, 0.3) is 5.91 Å². The Kier molecular flexibility index (Phi) is 7.22. The molecule has 2 aromatic rings. The number of halogens is 2. The van der Waals surface area contributed by atoms with Gasteiger partial charge < -0.3 is 15.5 Å². The third kappa shape index (κ3) is 5.49. The number of aryl methyl sites for hydroxylation is 3. The number of hydrogen-bond donors (Lipinski definition) is 2. The third-order valence-corrected chi connectivity index (χ3v) is 5.68. The second-order valence-electron chi connectivity index (χ2n) is 8.23. The molecular weight excluding hydrogens is 416 g/mol. The molecule has 8 heteroatoms. The first-order chi connectivity index (χ1) is 15.2. The quantitative estimate of drug-likeness (QED) is 0.743. The number of likely N-dealkylation sites (tertiary alicyclic amines) is 1. The van der Waals surface area contributed by atoms with Crippen LogP contribution in [-0.4, -0.2) is 42.3 Å². The first-order valence-electron chi connectivity index (χ1n) is 10.6. The minimum atomic E-state index is -0.903. The number of nitrogens with zero attached hydrogens (tertiary/aromatic N) is 1. The zero-order valence-corrected chi connectivity index (χ0v) is 18.4. The molecule has 3 rings (SSSR count). The number of nitrogens with one attached hydrogen (secondary N) is 2. The molecule has 0 atom stereocenters. The van der Waals surface area contributed by atoms with E-state index in [0.717, 1.165) is 34.5 Å². The van der Waals surface area contributed by atoms with Gasteiger partial charge in [0.15, 0.2) is 0 Å². The molecule has 1 aliphatic rings. The number of piperidine rings is 1. The Balaban J connectivity index is 1.48. The molecule has 0 bridgehead atoms. The van der Waals surface area contributed by atoms with Gasteiger partial charge in [0, 0.05) is 30.8 Å². The van der Waals surface area contributed by atoms with Gasteiger partial charge in [-0.25, -0.2) is 8.78 Å². The fraction of sp³-hybridized carbons (Fsp3) is 0.375. The number of hydrogen-bond acceptors (Lipinski definition) is 3. The van der Waals surface area contributed by atoms with E-state index in [2.05, 4.69) is 10.6 Å². The molecule has 2 aromatic carbocycles. The van der Waals surface area contributed by atoms with Crippen molar-refractivity contribution in [1.82, 2.24) is 10.2 Å². The third-order valence-electron chi connectivity index (χ3n) is 5.68. The molecule has 6 nitrogen and oxygen atoms in total. The predicted octanol–water partition coefficient (Wildman–Crippen LogP) is 3.50. The number of benzene rings is 2. The molecule has 0 radical (unpaired) electrons. The summed E-state index contributed by atoms with van der Waals surface area (Å²) >= 11 is 0. The van der Waals surface area contributed by atoms with E-state index < -0.39 is 17.5 Å². The second-order valence-corrected chi connectivity index (χ2v) is 8.23. The Labute approximate surface area is 186 Å². The summed E-state index contributed by atoms with van der Waals surface area (Å²) in [6, 6.07) is 6.81. The zero-order chi connectivity index (χ0) is 23.4. The monoisotopic (exact) mass is 443 g/mol. The van der Waals surface area contributed by atoms with E-state index in [0.29, 0.717) is 18.9 Å². The number of anilines is 1. The van der Waals surface area contributed by atoms with Crippen LogP contribution in [-0.2, 0) is 9.59 Å². The van der Waals surface area contributed by atoms with E-state index in [-0.39, 0.29) is 42.9 Å².